The van der Waals surface area contributed by atoms with E-state index in [2.05, 4.69) is 26.0 Å². The predicted molar refractivity (Wildman–Crippen MR) is 45.1 cm³/mol. The third kappa shape index (κ3) is 0.970. The minimum atomic E-state index is 0.543. The van der Waals surface area contributed by atoms with Crippen LogP contribution in [0.3, 0.4) is 0 Å². The van der Waals surface area contributed by atoms with Crippen LogP contribution in [0.2, 0.25) is 0 Å². The highest BCUT2D eigenvalue weighted by Gasteiger charge is 1.99. The molecule has 0 unspecified atom stereocenters. The van der Waals surface area contributed by atoms with Gasteiger partial charge in [-0.2, -0.15) is 9.61 Å². The van der Waals surface area contributed by atoms with Gasteiger partial charge < -0.3 is 5.73 Å². The summed E-state index contributed by atoms with van der Waals surface area (Å²) in [6, 6.07) is 3.66. The van der Waals surface area contributed by atoms with Crippen LogP contribution in [0.15, 0.2) is 22.9 Å². The van der Waals surface area contributed by atoms with Crippen LogP contribution in [-0.2, 0) is 0 Å². The Balaban J connectivity index is 2.87. The monoisotopic (exact) mass is 212 g/mol. The van der Waals surface area contributed by atoms with Gasteiger partial charge in [-0.1, -0.05) is 0 Å². The smallest absolute Gasteiger partial charge is 0.155 e. The highest BCUT2D eigenvalue weighted by atomic mass is 79.9. The van der Waals surface area contributed by atoms with E-state index in [4.69, 9.17) is 5.73 Å². The highest BCUT2D eigenvalue weighted by molar-refractivity contribution is 9.10. The number of fused-ring (bicyclic) bond motifs is 1. The van der Waals surface area contributed by atoms with Crippen LogP contribution in [-0.4, -0.2) is 14.6 Å². The van der Waals surface area contributed by atoms with Crippen molar-refractivity contribution in [3.63, 3.8) is 0 Å². The molecule has 2 heterocycles. The number of anilines is 1. The fraction of sp³-hybridized carbons (Fsp3) is 0. The fourth-order valence-corrected chi connectivity index (χ4v) is 1.16. The maximum absolute atomic E-state index is 5.56. The van der Waals surface area contributed by atoms with E-state index in [1.54, 1.807) is 10.7 Å². The molecular weight excluding hydrogens is 208 g/mol. The summed E-state index contributed by atoms with van der Waals surface area (Å²) in [4.78, 5) is 4.01. The lowest BCUT2D eigenvalue weighted by molar-refractivity contribution is 0.926. The Kier molecular flexibility index (Phi) is 1.32. The number of hydrogen-bond acceptors (Lipinski definition) is 3. The molecule has 0 fully saturated rings. The van der Waals surface area contributed by atoms with Gasteiger partial charge in [0.05, 0.1) is 6.20 Å². The van der Waals surface area contributed by atoms with Crippen molar-refractivity contribution < 1.29 is 0 Å². The molecule has 0 aliphatic carbocycles. The summed E-state index contributed by atoms with van der Waals surface area (Å²) in [6.07, 6.45) is 1.58. The molecule has 0 aliphatic heterocycles. The second-order valence-corrected chi connectivity index (χ2v) is 2.92. The second-order valence-electron chi connectivity index (χ2n) is 2.11. The summed E-state index contributed by atoms with van der Waals surface area (Å²) < 4.78 is 2.32. The van der Waals surface area contributed by atoms with Crippen LogP contribution in [0, 0.1) is 0 Å². The minimum absolute atomic E-state index is 0.543. The normalized spacial score (nSPS) is 10.6. The van der Waals surface area contributed by atoms with E-state index in [0.29, 0.717) is 5.82 Å². The van der Waals surface area contributed by atoms with Crippen molar-refractivity contribution in [1.29, 1.82) is 0 Å². The number of nitrogen functional groups attached to an aromatic ring is 1. The molecule has 2 aromatic rings. The third-order valence-corrected chi connectivity index (χ3v) is 1.78. The summed E-state index contributed by atoms with van der Waals surface area (Å²) in [5.74, 6) is 0.543. The molecule has 0 saturated heterocycles. The standard InChI is InChI=1S/C6H5BrN4/c7-4-1-2-6-9-3-5(8)11(6)10-4/h1-3H,8H2. The molecule has 2 rings (SSSR count). The van der Waals surface area contributed by atoms with Crippen LogP contribution >= 0.6 is 15.9 Å². The predicted octanol–water partition coefficient (Wildman–Crippen LogP) is 1.07. The van der Waals surface area contributed by atoms with Crippen LogP contribution in [0.1, 0.15) is 0 Å². The Morgan fingerprint density at radius 3 is 3.09 bits per heavy atom. The number of rotatable bonds is 0. The number of imidazole rings is 1. The van der Waals surface area contributed by atoms with Crippen molar-refractivity contribution in [2.75, 3.05) is 5.73 Å². The maximum Gasteiger partial charge on any atom is 0.155 e. The number of halogens is 1. The summed E-state index contributed by atoms with van der Waals surface area (Å²) in [7, 11) is 0. The van der Waals surface area contributed by atoms with E-state index >= 15 is 0 Å². The van der Waals surface area contributed by atoms with Crippen LogP contribution in [0.4, 0.5) is 5.82 Å². The van der Waals surface area contributed by atoms with Gasteiger partial charge in [0.25, 0.3) is 0 Å². The number of hydrogen-bond donors (Lipinski definition) is 1. The van der Waals surface area contributed by atoms with Crippen LogP contribution in [0.25, 0.3) is 5.65 Å². The molecule has 2 aromatic heterocycles. The first-order chi connectivity index (χ1) is 5.27. The zero-order chi connectivity index (χ0) is 7.84. The van der Waals surface area contributed by atoms with Crippen LogP contribution < -0.4 is 5.73 Å². The van der Waals surface area contributed by atoms with Crippen molar-refractivity contribution in [2.24, 2.45) is 0 Å². The van der Waals surface area contributed by atoms with E-state index in [1.165, 1.54) is 0 Å². The molecule has 0 spiro atoms. The first kappa shape index (κ1) is 6.60. The molecule has 4 nitrogen and oxygen atoms in total. The Bertz CT molecular complexity index is 394. The van der Waals surface area contributed by atoms with Gasteiger partial charge in [0.2, 0.25) is 0 Å². The van der Waals surface area contributed by atoms with Crippen molar-refractivity contribution in [3.05, 3.63) is 22.9 Å². The molecule has 0 atom stereocenters. The highest BCUT2D eigenvalue weighted by Crippen LogP contribution is 2.10. The van der Waals surface area contributed by atoms with Gasteiger partial charge in [-0.05, 0) is 28.1 Å². The molecule has 0 aliphatic rings. The number of nitrogens with two attached hydrogens (primary N) is 1. The molecule has 0 saturated carbocycles. The van der Waals surface area contributed by atoms with Gasteiger partial charge in [-0.25, -0.2) is 4.98 Å². The largest absolute Gasteiger partial charge is 0.382 e. The summed E-state index contributed by atoms with van der Waals surface area (Å²) >= 11 is 3.24. The van der Waals surface area contributed by atoms with Gasteiger partial charge in [0.15, 0.2) is 5.65 Å². The lowest BCUT2D eigenvalue weighted by Gasteiger charge is -1.93. The topological polar surface area (TPSA) is 56.2 Å². The Morgan fingerprint density at radius 1 is 1.45 bits per heavy atom. The van der Waals surface area contributed by atoms with E-state index in [-0.39, 0.29) is 0 Å². The van der Waals surface area contributed by atoms with Gasteiger partial charge in [-0.3, -0.25) is 0 Å². The summed E-state index contributed by atoms with van der Waals surface area (Å²) in [5.41, 5.74) is 6.32. The lowest BCUT2D eigenvalue weighted by atomic mass is 10.6. The summed E-state index contributed by atoms with van der Waals surface area (Å²) in [6.45, 7) is 0. The molecule has 5 heteroatoms. The summed E-state index contributed by atoms with van der Waals surface area (Å²) in [5, 5.41) is 4.08. The van der Waals surface area contributed by atoms with E-state index in [0.717, 1.165) is 10.3 Å². The molecule has 0 amide bonds. The minimum Gasteiger partial charge on any atom is -0.382 e. The van der Waals surface area contributed by atoms with E-state index < -0.39 is 0 Å². The van der Waals surface area contributed by atoms with E-state index in [1.807, 2.05) is 12.1 Å². The molecule has 0 bridgehead atoms. The average molecular weight is 213 g/mol. The lowest BCUT2D eigenvalue weighted by Crippen LogP contribution is -1.96. The Morgan fingerprint density at radius 2 is 2.27 bits per heavy atom. The molecule has 56 valence electrons. The third-order valence-electron chi connectivity index (χ3n) is 1.36. The Labute approximate surface area is 71.2 Å². The van der Waals surface area contributed by atoms with Gasteiger partial charge in [0, 0.05) is 0 Å². The fourth-order valence-electron chi connectivity index (χ4n) is 0.869. The van der Waals surface area contributed by atoms with Crippen molar-refractivity contribution in [3.8, 4) is 0 Å². The SMILES string of the molecule is Nc1cnc2ccc(Br)nn12. The van der Waals surface area contributed by atoms with Gasteiger partial charge in [-0.15, -0.1) is 0 Å². The van der Waals surface area contributed by atoms with Gasteiger partial charge in [0.1, 0.15) is 10.4 Å². The second kappa shape index (κ2) is 2.20. The first-order valence-electron chi connectivity index (χ1n) is 3.03. The van der Waals surface area contributed by atoms with Crippen molar-refractivity contribution >= 4 is 27.4 Å². The van der Waals surface area contributed by atoms with Crippen LogP contribution in [0.5, 0.6) is 0 Å². The first-order valence-corrected chi connectivity index (χ1v) is 3.82. The molecular formula is C6H5BrN4. The quantitative estimate of drug-likeness (QED) is 0.712. The zero-order valence-corrected chi connectivity index (χ0v) is 7.12. The number of aromatic nitrogens is 3. The van der Waals surface area contributed by atoms with Crippen molar-refractivity contribution in [1.82, 2.24) is 14.6 Å². The van der Waals surface area contributed by atoms with Gasteiger partial charge >= 0.3 is 0 Å². The number of nitrogens with zero attached hydrogens (tertiary/aromatic N) is 3. The molecule has 0 radical (unpaired) electrons. The van der Waals surface area contributed by atoms with Crippen molar-refractivity contribution in [2.45, 2.75) is 0 Å². The molecule has 2 N–H and O–H groups in total. The molecule has 0 aromatic carbocycles. The van der Waals surface area contributed by atoms with E-state index in [9.17, 15) is 0 Å². The average Bonchev–Trinajstić information content (AvgIpc) is 2.33. The molecule has 11 heavy (non-hydrogen) atoms. The Hall–Kier alpha value is -1.10. The zero-order valence-electron chi connectivity index (χ0n) is 5.53. The maximum atomic E-state index is 5.56.